The van der Waals surface area contributed by atoms with Crippen LogP contribution in [0.3, 0.4) is 0 Å². The molecular weight excluding hydrogens is 454 g/mol. The Labute approximate surface area is 189 Å². The maximum Gasteiger partial charge on any atom is 0.289 e. The SMILES string of the molecule is O=[N+]([O-])c1ccccc1S(=O)(=O)NCCc1c[nH]c2c(Oc3ccc(Cl)cc3)cccc12. The van der Waals surface area contributed by atoms with Crippen LogP contribution in [0.5, 0.6) is 11.5 Å². The number of fused-ring (bicyclic) bond motifs is 1. The Hall–Kier alpha value is -3.40. The molecule has 4 aromatic rings. The zero-order chi connectivity index (χ0) is 22.7. The molecule has 0 amide bonds. The van der Waals surface area contributed by atoms with Crippen LogP contribution in [0.15, 0.2) is 77.8 Å². The molecule has 32 heavy (non-hydrogen) atoms. The summed E-state index contributed by atoms with van der Waals surface area (Å²) in [6.07, 6.45) is 2.17. The highest BCUT2D eigenvalue weighted by Crippen LogP contribution is 2.31. The number of nitrogens with zero attached hydrogens (tertiary/aromatic N) is 1. The number of nitrogens with one attached hydrogen (secondary N) is 2. The second kappa shape index (κ2) is 8.99. The zero-order valence-corrected chi connectivity index (χ0v) is 18.2. The van der Waals surface area contributed by atoms with Gasteiger partial charge in [0.1, 0.15) is 5.75 Å². The third kappa shape index (κ3) is 4.59. The van der Waals surface area contributed by atoms with E-state index in [1.54, 1.807) is 30.5 Å². The summed E-state index contributed by atoms with van der Waals surface area (Å²) in [5.74, 6) is 1.26. The number of aromatic nitrogens is 1. The molecule has 0 radical (unpaired) electrons. The minimum Gasteiger partial charge on any atom is -0.455 e. The summed E-state index contributed by atoms with van der Waals surface area (Å²) in [4.78, 5) is 13.2. The molecule has 0 aliphatic rings. The lowest BCUT2D eigenvalue weighted by atomic mass is 10.1. The van der Waals surface area contributed by atoms with Crippen molar-refractivity contribution in [2.24, 2.45) is 0 Å². The summed E-state index contributed by atoms with van der Waals surface area (Å²) < 4.78 is 33.5. The number of sulfonamides is 1. The highest BCUT2D eigenvalue weighted by Gasteiger charge is 2.24. The Kier molecular flexibility index (Phi) is 6.13. The van der Waals surface area contributed by atoms with E-state index in [-0.39, 0.29) is 11.4 Å². The average molecular weight is 472 g/mol. The molecular formula is C22H18ClN3O5S. The number of benzene rings is 3. The molecule has 0 atom stereocenters. The van der Waals surface area contributed by atoms with Gasteiger partial charge in [-0.25, -0.2) is 13.1 Å². The lowest BCUT2D eigenvalue weighted by molar-refractivity contribution is -0.387. The summed E-state index contributed by atoms with van der Waals surface area (Å²) in [6, 6.07) is 17.8. The predicted octanol–water partition coefficient (Wildman–Crippen LogP) is 5.04. The van der Waals surface area contributed by atoms with Crippen LogP contribution in [-0.2, 0) is 16.4 Å². The number of halogens is 1. The van der Waals surface area contributed by atoms with Crippen LogP contribution < -0.4 is 9.46 Å². The van der Waals surface area contributed by atoms with E-state index in [9.17, 15) is 18.5 Å². The highest BCUT2D eigenvalue weighted by atomic mass is 35.5. The van der Waals surface area contributed by atoms with Gasteiger partial charge in [0.2, 0.25) is 10.0 Å². The molecule has 1 aromatic heterocycles. The molecule has 1 heterocycles. The number of ether oxygens (including phenoxy) is 1. The van der Waals surface area contributed by atoms with Crippen molar-refractivity contribution in [3.63, 3.8) is 0 Å². The first-order valence-corrected chi connectivity index (χ1v) is 11.5. The van der Waals surface area contributed by atoms with Gasteiger partial charge in [-0.1, -0.05) is 35.9 Å². The lowest BCUT2D eigenvalue weighted by Gasteiger charge is -2.08. The number of nitro groups is 1. The summed E-state index contributed by atoms with van der Waals surface area (Å²) in [7, 11) is -4.03. The van der Waals surface area contributed by atoms with Crippen molar-refractivity contribution in [2.45, 2.75) is 11.3 Å². The van der Waals surface area contributed by atoms with E-state index < -0.39 is 20.6 Å². The Morgan fingerprint density at radius 1 is 1.03 bits per heavy atom. The number of hydrogen-bond donors (Lipinski definition) is 2. The zero-order valence-electron chi connectivity index (χ0n) is 16.6. The molecule has 10 heteroatoms. The van der Waals surface area contributed by atoms with Crippen molar-refractivity contribution >= 4 is 38.2 Å². The van der Waals surface area contributed by atoms with Crippen LogP contribution in [0.2, 0.25) is 5.02 Å². The van der Waals surface area contributed by atoms with Gasteiger partial charge in [-0.2, -0.15) is 0 Å². The number of para-hydroxylation sites is 2. The van der Waals surface area contributed by atoms with E-state index in [0.29, 0.717) is 22.9 Å². The van der Waals surface area contributed by atoms with Gasteiger partial charge in [-0.3, -0.25) is 10.1 Å². The first-order valence-electron chi connectivity index (χ1n) is 9.60. The van der Waals surface area contributed by atoms with Gasteiger partial charge in [0, 0.05) is 29.2 Å². The van der Waals surface area contributed by atoms with Crippen molar-refractivity contribution in [3.05, 3.63) is 93.6 Å². The van der Waals surface area contributed by atoms with E-state index >= 15 is 0 Å². The molecule has 0 saturated heterocycles. The number of hydrogen-bond acceptors (Lipinski definition) is 5. The standard InChI is InChI=1S/C22H18ClN3O5S/c23-16-8-10-17(11-9-16)31-20-6-3-4-18-15(14-24-22(18)20)12-13-25-32(29,30)21-7-2-1-5-19(21)26(27)28/h1-11,14,24-25H,12-13H2. The number of H-pyrrole nitrogens is 1. The summed E-state index contributed by atoms with van der Waals surface area (Å²) >= 11 is 5.91. The fourth-order valence-electron chi connectivity index (χ4n) is 3.34. The fraction of sp³-hybridized carbons (Fsp3) is 0.0909. The number of rotatable bonds is 8. The molecule has 0 spiro atoms. The van der Waals surface area contributed by atoms with Crippen molar-refractivity contribution in [3.8, 4) is 11.5 Å². The van der Waals surface area contributed by atoms with Gasteiger partial charge in [0.25, 0.3) is 5.69 Å². The minimum atomic E-state index is -4.03. The van der Waals surface area contributed by atoms with Gasteiger partial charge in [-0.05, 0) is 48.4 Å². The molecule has 0 unspecified atom stereocenters. The van der Waals surface area contributed by atoms with Crippen LogP contribution in [0.1, 0.15) is 5.56 Å². The van der Waals surface area contributed by atoms with Crippen LogP contribution in [0.25, 0.3) is 10.9 Å². The molecule has 164 valence electrons. The summed E-state index contributed by atoms with van der Waals surface area (Å²) in [5, 5.41) is 12.6. The Morgan fingerprint density at radius 3 is 2.53 bits per heavy atom. The maximum absolute atomic E-state index is 12.6. The molecule has 8 nitrogen and oxygen atoms in total. The van der Waals surface area contributed by atoms with Crippen LogP contribution >= 0.6 is 11.6 Å². The molecule has 4 rings (SSSR count). The third-order valence-corrected chi connectivity index (χ3v) is 6.60. The van der Waals surface area contributed by atoms with Crippen LogP contribution in [0, 0.1) is 10.1 Å². The van der Waals surface area contributed by atoms with Gasteiger partial charge >= 0.3 is 0 Å². The van der Waals surface area contributed by atoms with Gasteiger partial charge < -0.3 is 9.72 Å². The smallest absolute Gasteiger partial charge is 0.289 e. The van der Waals surface area contributed by atoms with Crippen molar-refractivity contribution in [1.82, 2.24) is 9.71 Å². The maximum atomic E-state index is 12.6. The third-order valence-electron chi connectivity index (χ3n) is 4.84. The Balaban J connectivity index is 1.50. The van der Waals surface area contributed by atoms with Gasteiger partial charge in [0.05, 0.1) is 10.4 Å². The number of nitro benzene ring substituents is 1. The second-order valence-electron chi connectivity index (χ2n) is 6.92. The topological polar surface area (TPSA) is 114 Å². The van der Waals surface area contributed by atoms with E-state index in [0.717, 1.165) is 22.5 Å². The monoisotopic (exact) mass is 471 g/mol. The molecule has 2 N–H and O–H groups in total. The quantitative estimate of drug-likeness (QED) is 0.276. The predicted molar refractivity (Wildman–Crippen MR) is 122 cm³/mol. The normalized spacial score (nSPS) is 11.5. The Bertz CT molecular complexity index is 1380. The molecule has 0 aliphatic heterocycles. The second-order valence-corrected chi connectivity index (χ2v) is 9.09. The largest absolute Gasteiger partial charge is 0.455 e. The molecule has 0 aliphatic carbocycles. The van der Waals surface area contributed by atoms with E-state index in [4.69, 9.17) is 16.3 Å². The highest BCUT2D eigenvalue weighted by molar-refractivity contribution is 7.89. The van der Waals surface area contributed by atoms with Gasteiger partial charge in [0.15, 0.2) is 10.6 Å². The molecule has 0 bridgehead atoms. The first-order chi connectivity index (χ1) is 15.3. The van der Waals surface area contributed by atoms with E-state index in [2.05, 4.69) is 9.71 Å². The fourth-order valence-corrected chi connectivity index (χ4v) is 4.67. The molecule has 3 aromatic carbocycles. The lowest BCUT2D eigenvalue weighted by Crippen LogP contribution is -2.26. The van der Waals surface area contributed by atoms with Crippen molar-refractivity contribution in [1.29, 1.82) is 0 Å². The summed E-state index contributed by atoms with van der Waals surface area (Å²) in [5.41, 5.74) is 1.20. The van der Waals surface area contributed by atoms with Crippen LogP contribution in [-0.4, -0.2) is 24.9 Å². The van der Waals surface area contributed by atoms with Crippen LogP contribution in [0.4, 0.5) is 5.69 Å². The number of aromatic amines is 1. The minimum absolute atomic E-state index is 0.0730. The first kappa shape index (κ1) is 21.8. The van der Waals surface area contributed by atoms with Gasteiger partial charge in [-0.15, -0.1) is 0 Å². The molecule has 0 saturated carbocycles. The van der Waals surface area contributed by atoms with Crippen molar-refractivity contribution in [2.75, 3.05) is 6.54 Å². The average Bonchev–Trinajstić information content (AvgIpc) is 3.19. The Morgan fingerprint density at radius 2 is 1.78 bits per heavy atom. The van der Waals surface area contributed by atoms with E-state index in [1.165, 1.54) is 18.2 Å². The van der Waals surface area contributed by atoms with E-state index in [1.807, 2.05) is 18.2 Å². The van der Waals surface area contributed by atoms with Crippen molar-refractivity contribution < 1.29 is 18.1 Å². The summed E-state index contributed by atoms with van der Waals surface area (Å²) in [6.45, 7) is 0.0730. The molecule has 0 fully saturated rings.